The number of anilines is 1. The monoisotopic (exact) mass is 335 g/mol. The summed E-state index contributed by atoms with van der Waals surface area (Å²) < 4.78 is 40.7. The van der Waals surface area contributed by atoms with Crippen molar-refractivity contribution >= 4 is 22.5 Å². The van der Waals surface area contributed by atoms with Crippen LogP contribution < -0.4 is 10.1 Å². The average molecular weight is 335 g/mol. The van der Waals surface area contributed by atoms with Crippen molar-refractivity contribution in [1.29, 1.82) is 0 Å². The zero-order valence-electron chi connectivity index (χ0n) is 12.2. The second-order valence-electron chi connectivity index (χ2n) is 5.02. The fourth-order valence-electron chi connectivity index (χ4n) is 2.09. The normalized spacial score (nSPS) is 11.5. The van der Waals surface area contributed by atoms with Gasteiger partial charge < -0.3 is 15.0 Å². The number of alkyl halides is 3. The van der Waals surface area contributed by atoms with Crippen molar-refractivity contribution in [2.45, 2.75) is 6.18 Å². The van der Waals surface area contributed by atoms with E-state index in [0.29, 0.717) is 5.69 Å². The first-order valence-corrected chi connectivity index (χ1v) is 6.95. The van der Waals surface area contributed by atoms with Crippen molar-refractivity contribution in [2.24, 2.45) is 0 Å². The van der Waals surface area contributed by atoms with Crippen LogP contribution in [0.5, 0.6) is 5.88 Å². The number of aromatic nitrogens is 2. The first-order valence-electron chi connectivity index (χ1n) is 6.95. The maximum atomic E-state index is 12.1. The van der Waals surface area contributed by atoms with Gasteiger partial charge in [-0.25, -0.2) is 4.98 Å². The molecular formula is C16H12F3N3O2. The Morgan fingerprint density at radius 3 is 2.75 bits per heavy atom. The van der Waals surface area contributed by atoms with Gasteiger partial charge in [-0.3, -0.25) is 4.79 Å². The Bertz CT molecular complexity index is 857. The molecule has 2 heterocycles. The van der Waals surface area contributed by atoms with E-state index in [2.05, 4.69) is 20.0 Å². The quantitative estimate of drug-likeness (QED) is 0.763. The Morgan fingerprint density at radius 1 is 1.21 bits per heavy atom. The molecule has 0 bridgehead atoms. The highest BCUT2D eigenvalue weighted by molar-refractivity contribution is 6.04. The van der Waals surface area contributed by atoms with Gasteiger partial charge in [0.1, 0.15) is 0 Å². The molecule has 0 fully saturated rings. The number of carbonyl (C=O) groups is 1. The predicted octanol–water partition coefficient (Wildman–Crippen LogP) is 3.76. The third kappa shape index (κ3) is 3.83. The summed E-state index contributed by atoms with van der Waals surface area (Å²) in [5.41, 5.74) is 1.76. The van der Waals surface area contributed by atoms with E-state index in [1.54, 1.807) is 18.3 Å². The molecule has 1 aromatic carbocycles. The molecule has 0 atom stereocenters. The number of hydrogen-bond donors (Lipinski definition) is 2. The molecule has 24 heavy (non-hydrogen) atoms. The van der Waals surface area contributed by atoms with Gasteiger partial charge in [-0.05, 0) is 30.3 Å². The number of hydrogen-bond acceptors (Lipinski definition) is 3. The molecule has 0 aliphatic heterocycles. The second kappa shape index (κ2) is 6.23. The minimum atomic E-state index is -4.44. The molecule has 0 radical (unpaired) electrons. The number of rotatable bonds is 4. The summed E-state index contributed by atoms with van der Waals surface area (Å²) >= 11 is 0. The second-order valence-corrected chi connectivity index (χ2v) is 5.02. The lowest BCUT2D eigenvalue weighted by atomic mass is 10.2. The Balaban J connectivity index is 1.66. The molecule has 3 aromatic rings. The molecule has 0 unspecified atom stereocenters. The van der Waals surface area contributed by atoms with Crippen LogP contribution in [0, 0.1) is 0 Å². The predicted molar refractivity (Wildman–Crippen MR) is 82.0 cm³/mol. The number of pyridine rings is 1. The maximum absolute atomic E-state index is 12.1. The molecule has 2 N–H and O–H groups in total. The highest BCUT2D eigenvalue weighted by atomic mass is 19.4. The number of H-pyrrole nitrogens is 1. The van der Waals surface area contributed by atoms with Crippen LogP contribution in [-0.4, -0.2) is 28.7 Å². The molecule has 0 spiro atoms. The average Bonchev–Trinajstić information content (AvgIpc) is 3.00. The summed E-state index contributed by atoms with van der Waals surface area (Å²) in [6.45, 7) is -1.43. The van der Waals surface area contributed by atoms with Gasteiger partial charge in [0.15, 0.2) is 6.61 Å². The lowest BCUT2D eigenvalue weighted by Gasteiger charge is -2.09. The Hall–Kier alpha value is -3.03. The van der Waals surface area contributed by atoms with Gasteiger partial charge >= 0.3 is 6.18 Å². The van der Waals surface area contributed by atoms with Gasteiger partial charge in [-0.15, -0.1) is 0 Å². The van der Waals surface area contributed by atoms with Crippen molar-refractivity contribution in [1.82, 2.24) is 9.97 Å². The molecule has 5 nitrogen and oxygen atoms in total. The molecule has 0 aliphatic carbocycles. The van der Waals surface area contributed by atoms with Crippen LogP contribution in [0.2, 0.25) is 0 Å². The number of nitrogens with zero attached hydrogens (tertiary/aromatic N) is 1. The topological polar surface area (TPSA) is 67.0 Å². The van der Waals surface area contributed by atoms with Crippen LogP contribution >= 0.6 is 0 Å². The fourth-order valence-corrected chi connectivity index (χ4v) is 2.09. The van der Waals surface area contributed by atoms with Gasteiger partial charge in [-0.2, -0.15) is 13.2 Å². The number of aromatic amines is 1. The van der Waals surface area contributed by atoms with E-state index in [-0.39, 0.29) is 11.4 Å². The summed E-state index contributed by atoms with van der Waals surface area (Å²) in [7, 11) is 0. The highest BCUT2D eigenvalue weighted by Gasteiger charge is 2.28. The number of halogens is 3. The van der Waals surface area contributed by atoms with E-state index in [9.17, 15) is 18.0 Å². The van der Waals surface area contributed by atoms with Gasteiger partial charge in [0, 0.05) is 35.1 Å². The third-order valence-corrected chi connectivity index (χ3v) is 3.19. The van der Waals surface area contributed by atoms with Crippen LogP contribution in [0.3, 0.4) is 0 Å². The summed E-state index contributed by atoms with van der Waals surface area (Å²) in [4.78, 5) is 18.9. The largest absolute Gasteiger partial charge is 0.468 e. The van der Waals surface area contributed by atoms with Crippen LogP contribution in [0.25, 0.3) is 10.9 Å². The lowest BCUT2D eigenvalue weighted by molar-refractivity contribution is -0.154. The van der Waals surface area contributed by atoms with Crippen LogP contribution in [0.1, 0.15) is 10.4 Å². The van der Waals surface area contributed by atoms with E-state index in [1.807, 2.05) is 12.1 Å². The number of ether oxygens (including phenoxy) is 1. The van der Waals surface area contributed by atoms with Crippen LogP contribution in [0.4, 0.5) is 18.9 Å². The van der Waals surface area contributed by atoms with Crippen LogP contribution in [0.15, 0.2) is 48.8 Å². The Labute approximate surface area is 134 Å². The maximum Gasteiger partial charge on any atom is 0.422 e. The van der Waals surface area contributed by atoms with Gasteiger partial charge in [-0.1, -0.05) is 0 Å². The summed E-state index contributed by atoms with van der Waals surface area (Å²) in [5.74, 6) is -0.614. The summed E-state index contributed by atoms with van der Waals surface area (Å²) in [6, 6.07) is 9.82. The number of carbonyl (C=O) groups excluding carboxylic acids is 1. The van der Waals surface area contributed by atoms with Crippen molar-refractivity contribution in [2.75, 3.05) is 11.9 Å². The Kier molecular flexibility index (Phi) is 4.11. The van der Waals surface area contributed by atoms with Crippen LogP contribution in [-0.2, 0) is 0 Å². The fraction of sp³-hybridized carbons (Fsp3) is 0.125. The molecule has 0 saturated heterocycles. The molecule has 8 heteroatoms. The van der Waals surface area contributed by atoms with E-state index < -0.39 is 18.7 Å². The molecule has 3 rings (SSSR count). The first kappa shape index (κ1) is 15.9. The molecule has 0 aliphatic rings. The highest BCUT2D eigenvalue weighted by Crippen LogP contribution is 2.19. The first-order chi connectivity index (χ1) is 11.4. The van der Waals surface area contributed by atoms with Crippen molar-refractivity contribution < 1.29 is 22.7 Å². The molecule has 2 aromatic heterocycles. The minimum Gasteiger partial charge on any atom is -0.468 e. The third-order valence-electron chi connectivity index (χ3n) is 3.19. The minimum absolute atomic E-state index is 0.197. The van der Waals surface area contributed by atoms with E-state index >= 15 is 0 Å². The van der Waals surface area contributed by atoms with Crippen molar-refractivity contribution in [3.63, 3.8) is 0 Å². The van der Waals surface area contributed by atoms with E-state index in [0.717, 1.165) is 17.1 Å². The molecular weight excluding hydrogens is 323 g/mol. The smallest absolute Gasteiger partial charge is 0.422 e. The SMILES string of the molecule is O=C(Nc1ccc2[nH]ccc2c1)c1ccc(OCC(F)(F)F)nc1. The van der Waals surface area contributed by atoms with Gasteiger partial charge in [0.2, 0.25) is 5.88 Å². The molecule has 0 saturated carbocycles. The zero-order chi connectivity index (χ0) is 17.2. The molecule has 124 valence electrons. The zero-order valence-corrected chi connectivity index (χ0v) is 12.2. The van der Waals surface area contributed by atoms with Crippen molar-refractivity contribution in [3.8, 4) is 5.88 Å². The number of benzene rings is 1. The summed E-state index contributed by atoms with van der Waals surface area (Å²) in [5, 5.41) is 3.65. The Morgan fingerprint density at radius 2 is 2.04 bits per heavy atom. The van der Waals surface area contributed by atoms with E-state index in [1.165, 1.54) is 12.1 Å². The standard InChI is InChI=1S/C16H12F3N3O2/c17-16(18,19)9-24-14-4-1-11(8-21-14)15(23)22-12-2-3-13-10(7-12)5-6-20-13/h1-8,20H,9H2,(H,22,23). The summed E-state index contributed by atoms with van der Waals surface area (Å²) in [6.07, 6.45) is -1.48. The van der Waals surface area contributed by atoms with E-state index in [4.69, 9.17) is 0 Å². The van der Waals surface area contributed by atoms with Gasteiger partial charge in [0.05, 0.1) is 5.56 Å². The van der Waals surface area contributed by atoms with Crippen molar-refractivity contribution in [3.05, 3.63) is 54.4 Å². The lowest BCUT2D eigenvalue weighted by Crippen LogP contribution is -2.19. The number of fused-ring (bicyclic) bond motifs is 1. The van der Waals surface area contributed by atoms with Gasteiger partial charge in [0.25, 0.3) is 5.91 Å². The molecule has 1 amide bonds. The number of amides is 1. The number of nitrogens with one attached hydrogen (secondary N) is 2.